The van der Waals surface area contributed by atoms with Crippen LogP contribution in [0.1, 0.15) is 38.5 Å². The monoisotopic (exact) mass is 180 g/mol. The second-order valence-electron chi connectivity index (χ2n) is 5.01. The van der Waals surface area contributed by atoms with Crippen LogP contribution in [0.5, 0.6) is 0 Å². The molecule has 1 unspecified atom stereocenters. The molecule has 3 aliphatic rings. The number of nitrogens with zero attached hydrogens (tertiary/aromatic N) is 1. The molecular weight excluding hydrogens is 160 g/mol. The lowest BCUT2D eigenvalue weighted by molar-refractivity contribution is 0.281. The van der Waals surface area contributed by atoms with Crippen molar-refractivity contribution in [2.75, 3.05) is 13.1 Å². The molecule has 74 valence electrons. The highest BCUT2D eigenvalue weighted by atomic mass is 15.2. The summed E-state index contributed by atoms with van der Waals surface area (Å²) in [5, 5.41) is 3.79. The number of nitrogens with one attached hydrogen (secondary N) is 1. The quantitative estimate of drug-likeness (QED) is 0.705. The van der Waals surface area contributed by atoms with Gasteiger partial charge in [-0.2, -0.15) is 0 Å². The van der Waals surface area contributed by atoms with E-state index in [2.05, 4.69) is 10.2 Å². The smallest absolute Gasteiger partial charge is 0.0209 e. The van der Waals surface area contributed by atoms with Gasteiger partial charge < -0.3 is 5.32 Å². The summed E-state index contributed by atoms with van der Waals surface area (Å²) >= 11 is 0. The molecule has 0 aromatic rings. The van der Waals surface area contributed by atoms with Gasteiger partial charge in [0.2, 0.25) is 0 Å². The Balaban J connectivity index is 1.45. The van der Waals surface area contributed by atoms with Crippen LogP contribution in [-0.4, -0.2) is 36.1 Å². The molecule has 1 atom stereocenters. The molecule has 2 aliphatic carbocycles. The van der Waals surface area contributed by atoms with Gasteiger partial charge in [0.15, 0.2) is 0 Å². The zero-order valence-corrected chi connectivity index (χ0v) is 8.34. The lowest BCUT2D eigenvalue weighted by Gasteiger charge is -2.30. The first-order chi connectivity index (χ1) is 6.42. The van der Waals surface area contributed by atoms with Crippen LogP contribution < -0.4 is 5.32 Å². The summed E-state index contributed by atoms with van der Waals surface area (Å²) in [6.07, 6.45) is 8.65. The SMILES string of the molecule is C1CC(NC2CCN(C3CC3)C2)C1. The Morgan fingerprint density at radius 1 is 0.923 bits per heavy atom. The van der Waals surface area contributed by atoms with E-state index in [0.717, 1.165) is 18.1 Å². The summed E-state index contributed by atoms with van der Waals surface area (Å²) in [4.78, 5) is 2.69. The van der Waals surface area contributed by atoms with Crippen LogP contribution >= 0.6 is 0 Å². The average molecular weight is 180 g/mol. The van der Waals surface area contributed by atoms with Crippen molar-refractivity contribution in [2.45, 2.75) is 56.7 Å². The zero-order chi connectivity index (χ0) is 8.67. The van der Waals surface area contributed by atoms with Crippen LogP contribution in [-0.2, 0) is 0 Å². The molecule has 2 heteroatoms. The minimum atomic E-state index is 0.825. The van der Waals surface area contributed by atoms with E-state index in [1.54, 1.807) is 0 Å². The summed E-state index contributed by atoms with van der Waals surface area (Å²) in [6, 6.07) is 2.68. The molecular formula is C11H20N2. The molecule has 2 nitrogen and oxygen atoms in total. The number of hydrogen-bond donors (Lipinski definition) is 1. The lowest BCUT2D eigenvalue weighted by Crippen LogP contribution is -2.43. The van der Waals surface area contributed by atoms with Crippen molar-refractivity contribution < 1.29 is 0 Å². The standard InChI is InChI=1S/C11H20N2/c1-2-9(3-1)12-10-6-7-13(8-10)11-4-5-11/h9-12H,1-8H2. The van der Waals surface area contributed by atoms with E-state index in [0.29, 0.717) is 0 Å². The first kappa shape index (κ1) is 8.25. The third kappa shape index (κ3) is 1.75. The van der Waals surface area contributed by atoms with Crippen molar-refractivity contribution in [3.63, 3.8) is 0 Å². The maximum absolute atomic E-state index is 3.79. The second-order valence-corrected chi connectivity index (χ2v) is 5.01. The molecule has 1 aliphatic heterocycles. The highest BCUT2D eigenvalue weighted by Gasteiger charge is 2.35. The van der Waals surface area contributed by atoms with Crippen LogP contribution in [0.25, 0.3) is 0 Å². The van der Waals surface area contributed by atoms with Gasteiger partial charge in [0.1, 0.15) is 0 Å². The van der Waals surface area contributed by atoms with Crippen molar-refractivity contribution in [1.82, 2.24) is 10.2 Å². The average Bonchev–Trinajstić information content (AvgIpc) is 2.80. The van der Waals surface area contributed by atoms with Crippen LogP contribution in [0.4, 0.5) is 0 Å². The predicted molar refractivity (Wildman–Crippen MR) is 53.8 cm³/mol. The number of likely N-dealkylation sites (tertiary alicyclic amines) is 1. The molecule has 13 heavy (non-hydrogen) atoms. The summed E-state index contributed by atoms with van der Waals surface area (Å²) in [5.41, 5.74) is 0. The Bertz CT molecular complexity index is 185. The van der Waals surface area contributed by atoms with Crippen LogP contribution in [0, 0.1) is 0 Å². The van der Waals surface area contributed by atoms with Gasteiger partial charge in [0, 0.05) is 31.2 Å². The molecule has 3 fully saturated rings. The van der Waals surface area contributed by atoms with E-state index in [9.17, 15) is 0 Å². The largest absolute Gasteiger partial charge is 0.310 e. The van der Waals surface area contributed by atoms with E-state index in [1.165, 1.54) is 51.6 Å². The number of rotatable bonds is 3. The van der Waals surface area contributed by atoms with Crippen molar-refractivity contribution >= 4 is 0 Å². The topological polar surface area (TPSA) is 15.3 Å². The van der Waals surface area contributed by atoms with Gasteiger partial charge in [0.05, 0.1) is 0 Å². The van der Waals surface area contributed by atoms with Crippen LogP contribution in [0.2, 0.25) is 0 Å². The Hall–Kier alpha value is -0.0800. The van der Waals surface area contributed by atoms with E-state index in [-0.39, 0.29) is 0 Å². The zero-order valence-electron chi connectivity index (χ0n) is 8.34. The Labute approximate surface area is 80.7 Å². The van der Waals surface area contributed by atoms with Gasteiger partial charge in [-0.3, -0.25) is 4.90 Å². The molecule has 1 heterocycles. The molecule has 1 N–H and O–H groups in total. The first-order valence-electron chi connectivity index (χ1n) is 5.92. The molecule has 0 amide bonds. The molecule has 0 aromatic carbocycles. The van der Waals surface area contributed by atoms with Crippen LogP contribution in [0.15, 0.2) is 0 Å². The lowest BCUT2D eigenvalue weighted by atomic mass is 9.92. The normalized spacial score (nSPS) is 36.5. The third-order valence-corrected chi connectivity index (χ3v) is 3.86. The highest BCUT2D eigenvalue weighted by molar-refractivity contribution is 4.93. The maximum Gasteiger partial charge on any atom is 0.0209 e. The fourth-order valence-electron chi connectivity index (χ4n) is 2.60. The van der Waals surface area contributed by atoms with Crippen molar-refractivity contribution in [2.24, 2.45) is 0 Å². The second kappa shape index (κ2) is 3.25. The molecule has 3 rings (SSSR count). The summed E-state index contributed by atoms with van der Waals surface area (Å²) < 4.78 is 0. The molecule has 1 saturated heterocycles. The minimum absolute atomic E-state index is 0.825. The number of hydrogen-bond acceptors (Lipinski definition) is 2. The van der Waals surface area contributed by atoms with E-state index >= 15 is 0 Å². The van der Waals surface area contributed by atoms with E-state index in [4.69, 9.17) is 0 Å². The fourth-order valence-corrected chi connectivity index (χ4v) is 2.60. The van der Waals surface area contributed by atoms with Gasteiger partial charge in [-0.05, 0) is 32.1 Å². The summed E-state index contributed by atoms with van der Waals surface area (Å²) in [5.74, 6) is 0. The van der Waals surface area contributed by atoms with Crippen molar-refractivity contribution in [1.29, 1.82) is 0 Å². The minimum Gasteiger partial charge on any atom is -0.310 e. The first-order valence-corrected chi connectivity index (χ1v) is 5.92. The summed E-state index contributed by atoms with van der Waals surface area (Å²) in [6.45, 7) is 2.69. The fraction of sp³-hybridized carbons (Fsp3) is 1.00. The van der Waals surface area contributed by atoms with E-state index < -0.39 is 0 Å². The molecule has 0 aromatic heterocycles. The molecule has 0 radical (unpaired) electrons. The Kier molecular flexibility index (Phi) is 2.06. The van der Waals surface area contributed by atoms with Crippen molar-refractivity contribution in [3.05, 3.63) is 0 Å². The molecule has 2 saturated carbocycles. The summed E-state index contributed by atoms with van der Waals surface area (Å²) in [7, 11) is 0. The van der Waals surface area contributed by atoms with Gasteiger partial charge in [0.25, 0.3) is 0 Å². The van der Waals surface area contributed by atoms with Gasteiger partial charge in [-0.15, -0.1) is 0 Å². The van der Waals surface area contributed by atoms with Gasteiger partial charge >= 0.3 is 0 Å². The Morgan fingerprint density at radius 2 is 1.77 bits per heavy atom. The van der Waals surface area contributed by atoms with Crippen molar-refractivity contribution in [3.8, 4) is 0 Å². The maximum atomic E-state index is 3.79. The third-order valence-electron chi connectivity index (χ3n) is 3.86. The predicted octanol–water partition coefficient (Wildman–Crippen LogP) is 1.37. The van der Waals surface area contributed by atoms with Gasteiger partial charge in [-0.1, -0.05) is 6.42 Å². The Morgan fingerprint density at radius 3 is 2.38 bits per heavy atom. The molecule has 0 spiro atoms. The van der Waals surface area contributed by atoms with Crippen LogP contribution in [0.3, 0.4) is 0 Å². The van der Waals surface area contributed by atoms with E-state index in [1.807, 2.05) is 0 Å². The molecule has 0 bridgehead atoms. The van der Waals surface area contributed by atoms with Gasteiger partial charge in [-0.25, -0.2) is 0 Å². The highest BCUT2D eigenvalue weighted by Crippen LogP contribution is 2.30.